The first-order valence-corrected chi connectivity index (χ1v) is 5.33. The van der Waals surface area contributed by atoms with E-state index in [9.17, 15) is 14.9 Å². The van der Waals surface area contributed by atoms with Crippen LogP contribution in [0.25, 0.3) is 0 Å². The SMILES string of the molecule is Cc1ccc(C(=O)Cn2cc([N+](=O)[O-])cn2)cc1. The second-order valence-electron chi connectivity index (χ2n) is 3.94. The van der Waals surface area contributed by atoms with E-state index in [-0.39, 0.29) is 18.0 Å². The summed E-state index contributed by atoms with van der Waals surface area (Å²) >= 11 is 0. The van der Waals surface area contributed by atoms with Crippen LogP contribution in [0, 0.1) is 17.0 Å². The van der Waals surface area contributed by atoms with Gasteiger partial charge in [-0.2, -0.15) is 5.10 Å². The van der Waals surface area contributed by atoms with Crippen molar-refractivity contribution in [1.29, 1.82) is 0 Å². The number of nitro groups is 1. The van der Waals surface area contributed by atoms with Gasteiger partial charge < -0.3 is 0 Å². The van der Waals surface area contributed by atoms with Crippen LogP contribution in [0.4, 0.5) is 5.69 Å². The van der Waals surface area contributed by atoms with Crippen molar-refractivity contribution in [2.75, 3.05) is 0 Å². The zero-order valence-corrected chi connectivity index (χ0v) is 9.74. The Morgan fingerprint density at radius 2 is 2.06 bits per heavy atom. The smallest absolute Gasteiger partial charge is 0.292 e. The number of nitrogens with zero attached hydrogens (tertiary/aromatic N) is 3. The highest BCUT2D eigenvalue weighted by Crippen LogP contribution is 2.09. The van der Waals surface area contributed by atoms with Gasteiger partial charge in [0.15, 0.2) is 5.78 Å². The molecule has 0 N–H and O–H groups in total. The molecule has 18 heavy (non-hydrogen) atoms. The molecule has 6 nitrogen and oxygen atoms in total. The number of hydrogen-bond acceptors (Lipinski definition) is 4. The fraction of sp³-hybridized carbons (Fsp3) is 0.167. The van der Waals surface area contributed by atoms with Gasteiger partial charge in [0.05, 0.1) is 4.92 Å². The molecule has 0 spiro atoms. The fourth-order valence-electron chi connectivity index (χ4n) is 1.51. The minimum atomic E-state index is -0.542. The van der Waals surface area contributed by atoms with Crippen molar-refractivity contribution in [3.8, 4) is 0 Å². The Bertz CT molecular complexity index is 587. The second kappa shape index (κ2) is 4.79. The van der Waals surface area contributed by atoms with Gasteiger partial charge in [-0.05, 0) is 6.92 Å². The maximum Gasteiger partial charge on any atom is 0.307 e. The molecule has 0 aliphatic rings. The molecule has 0 saturated heterocycles. The highest BCUT2D eigenvalue weighted by Gasteiger charge is 2.12. The normalized spacial score (nSPS) is 10.3. The van der Waals surface area contributed by atoms with E-state index in [2.05, 4.69) is 5.10 Å². The van der Waals surface area contributed by atoms with Crippen LogP contribution in [-0.2, 0) is 6.54 Å². The quantitative estimate of drug-likeness (QED) is 0.468. The molecule has 2 aromatic rings. The minimum absolute atomic E-state index is 0.00307. The summed E-state index contributed by atoms with van der Waals surface area (Å²) in [5.41, 5.74) is 1.52. The lowest BCUT2D eigenvalue weighted by Gasteiger charge is -2.01. The monoisotopic (exact) mass is 245 g/mol. The first-order chi connectivity index (χ1) is 8.56. The van der Waals surface area contributed by atoms with Crippen molar-refractivity contribution in [3.05, 3.63) is 57.9 Å². The van der Waals surface area contributed by atoms with Crippen molar-refractivity contribution >= 4 is 11.5 Å². The summed E-state index contributed by atoms with van der Waals surface area (Å²) in [4.78, 5) is 21.8. The Kier molecular flexibility index (Phi) is 3.18. The predicted octanol–water partition coefficient (Wildman–Crippen LogP) is 1.98. The van der Waals surface area contributed by atoms with Gasteiger partial charge in [0.1, 0.15) is 18.9 Å². The Morgan fingerprint density at radius 1 is 1.39 bits per heavy atom. The zero-order valence-electron chi connectivity index (χ0n) is 9.74. The lowest BCUT2D eigenvalue weighted by molar-refractivity contribution is -0.385. The third-order valence-electron chi connectivity index (χ3n) is 2.51. The van der Waals surface area contributed by atoms with Gasteiger partial charge in [0.25, 0.3) is 0 Å². The Labute approximate surface area is 103 Å². The number of carbonyl (C=O) groups excluding carboxylic acids is 1. The molecule has 0 fully saturated rings. The number of benzene rings is 1. The van der Waals surface area contributed by atoms with Crippen LogP contribution in [0.5, 0.6) is 0 Å². The summed E-state index contributed by atoms with van der Waals surface area (Å²) in [5.74, 6) is -0.131. The van der Waals surface area contributed by atoms with E-state index in [0.717, 1.165) is 11.8 Å². The van der Waals surface area contributed by atoms with Gasteiger partial charge in [-0.25, -0.2) is 0 Å². The summed E-state index contributed by atoms with van der Waals surface area (Å²) in [6.07, 6.45) is 2.37. The summed E-state index contributed by atoms with van der Waals surface area (Å²) in [6.45, 7) is 1.93. The van der Waals surface area contributed by atoms with Gasteiger partial charge in [-0.15, -0.1) is 0 Å². The number of aryl methyl sites for hydroxylation is 1. The largest absolute Gasteiger partial charge is 0.307 e. The van der Waals surface area contributed by atoms with Gasteiger partial charge in [0.2, 0.25) is 0 Å². The molecule has 0 bridgehead atoms. The lowest BCUT2D eigenvalue weighted by Crippen LogP contribution is -2.10. The van der Waals surface area contributed by atoms with Crippen molar-refractivity contribution in [2.24, 2.45) is 0 Å². The molecule has 6 heteroatoms. The lowest BCUT2D eigenvalue weighted by atomic mass is 10.1. The number of rotatable bonds is 4. The molecule has 0 unspecified atom stereocenters. The molecule has 0 aliphatic carbocycles. The molecule has 0 radical (unpaired) electrons. The average molecular weight is 245 g/mol. The first kappa shape index (κ1) is 12.0. The van der Waals surface area contributed by atoms with Crippen molar-refractivity contribution in [1.82, 2.24) is 9.78 Å². The van der Waals surface area contributed by atoms with Crippen LogP contribution >= 0.6 is 0 Å². The molecule has 1 aromatic heterocycles. The summed E-state index contributed by atoms with van der Waals surface area (Å²) < 4.78 is 1.26. The number of Topliss-reactive ketones (excluding diaryl/α,β-unsaturated/α-hetero) is 1. The molecule has 1 heterocycles. The Morgan fingerprint density at radius 3 is 2.61 bits per heavy atom. The van der Waals surface area contributed by atoms with Gasteiger partial charge in [0, 0.05) is 5.56 Å². The summed E-state index contributed by atoms with van der Waals surface area (Å²) in [6, 6.07) is 7.16. The van der Waals surface area contributed by atoms with Crippen molar-refractivity contribution in [2.45, 2.75) is 13.5 Å². The average Bonchev–Trinajstić information content (AvgIpc) is 2.78. The molecule has 0 saturated carbocycles. The first-order valence-electron chi connectivity index (χ1n) is 5.33. The maximum atomic E-state index is 11.9. The molecule has 92 valence electrons. The Balaban J connectivity index is 2.11. The van der Waals surface area contributed by atoms with Crippen LogP contribution in [0.15, 0.2) is 36.7 Å². The number of carbonyl (C=O) groups is 1. The highest BCUT2D eigenvalue weighted by atomic mass is 16.6. The van der Waals surface area contributed by atoms with E-state index in [1.807, 2.05) is 19.1 Å². The standard InChI is InChI=1S/C12H11N3O3/c1-9-2-4-10(5-3-9)12(16)8-14-7-11(6-13-14)15(17)18/h2-7H,8H2,1H3. The second-order valence-corrected chi connectivity index (χ2v) is 3.94. The molecule has 1 aromatic carbocycles. The highest BCUT2D eigenvalue weighted by molar-refractivity contribution is 5.95. The molecule has 0 aliphatic heterocycles. The number of aromatic nitrogens is 2. The topological polar surface area (TPSA) is 78.0 Å². The van der Waals surface area contributed by atoms with Crippen LogP contribution < -0.4 is 0 Å². The molecular formula is C12H11N3O3. The van der Waals surface area contributed by atoms with Gasteiger partial charge in [-0.3, -0.25) is 19.6 Å². The van der Waals surface area contributed by atoms with Gasteiger partial charge >= 0.3 is 5.69 Å². The minimum Gasteiger partial charge on any atom is -0.292 e. The van der Waals surface area contributed by atoms with E-state index in [0.29, 0.717) is 5.56 Å². The van der Waals surface area contributed by atoms with E-state index < -0.39 is 4.92 Å². The third kappa shape index (κ3) is 2.60. The van der Waals surface area contributed by atoms with E-state index >= 15 is 0 Å². The number of hydrogen-bond donors (Lipinski definition) is 0. The third-order valence-corrected chi connectivity index (χ3v) is 2.51. The maximum absolute atomic E-state index is 11.9. The molecule has 2 rings (SSSR count). The Hall–Kier alpha value is -2.50. The van der Waals surface area contributed by atoms with Gasteiger partial charge in [-0.1, -0.05) is 29.8 Å². The molecular weight excluding hydrogens is 234 g/mol. The van der Waals surface area contributed by atoms with Crippen LogP contribution in [0.1, 0.15) is 15.9 Å². The van der Waals surface area contributed by atoms with Crippen molar-refractivity contribution in [3.63, 3.8) is 0 Å². The van der Waals surface area contributed by atoms with E-state index in [1.54, 1.807) is 12.1 Å². The van der Waals surface area contributed by atoms with Crippen LogP contribution in [0.2, 0.25) is 0 Å². The fourth-order valence-corrected chi connectivity index (χ4v) is 1.51. The van der Waals surface area contributed by atoms with E-state index in [4.69, 9.17) is 0 Å². The zero-order chi connectivity index (χ0) is 13.1. The van der Waals surface area contributed by atoms with Crippen LogP contribution in [0.3, 0.4) is 0 Å². The molecule has 0 amide bonds. The predicted molar refractivity (Wildman–Crippen MR) is 64.4 cm³/mol. The number of ketones is 1. The van der Waals surface area contributed by atoms with Crippen LogP contribution in [-0.4, -0.2) is 20.5 Å². The van der Waals surface area contributed by atoms with Crippen molar-refractivity contribution < 1.29 is 9.72 Å². The summed E-state index contributed by atoms with van der Waals surface area (Å²) in [7, 11) is 0. The van der Waals surface area contributed by atoms with E-state index in [1.165, 1.54) is 10.9 Å². The molecule has 0 atom stereocenters. The summed E-state index contributed by atoms with van der Waals surface area (Å²) in [5, 5.41) is 14.2.